The summed E-state index contributed by atoms with van der Waals surface area (Å²) in [6, 6.07) is 4.34. The van der Waals surface area contributed by atoms with Crippen LogP contribution in [0.5, 0.6) is 0 Å². The van der Waals surface area contributed by atoms with Crippen LogP contribution in [0.1, 0.15) is 54.7 Å². The second-order valence-corrected chi connectivity index (χ2v) is 8.97. The Kier molecular flexibility index (Phi) is 5.82. The van der Waals surface area contributed by atoms with Gasteiger partial charge in [-0.05, 0) is 19.8 Å². The van der Waals surface area contributed by atoms with Crippen molar-refractivity contribution in [2.75, 3.05) is 11.9 Å². The second-order valence-electron chi connectivity index (χ2n) is 8.97. The number of alkyl halides is 2. The molecule has 1 aromatic carbocycles. The summed E-state index contributed by atoms with van der Waals surface area (Å²) in [5.74, 6) is -0.200. The largest absolute Gasteiger partial charge is 0.359 e. The molecule has 5 rings (SSSR count). The zero-order valence-electron chi connectivity index (χ0n) is 19.0. The van der Waals surface area contributed by atoms with Crippen LogP contribution in [0.25, 0.3) is 10.9 Å². The van der Waals surface area contributed by atoms with E-state index < -0.39 is 23.8 Å². The van der Waals surface area contributed by atoms with E-state index in [1.165, 1.54) is 24.3 Å². The van der Waals surface area contributed by atoms with Gasteiger partial charge in [-0.3, -0.25) is 9.59 Å². The number of carbonyl (C=O) groups excluding carboxylic acids is 1. The summed E-state index contributed by atoms with van der Waals surface area (Å²) in [5, 5.41) is 3.61. The number of hydrogen-bond acceptors (Lipinski definition) is 5. The molecule has 0 saturated carbocycles. The van der Waals surface area contributed by atoms with E-state index in [2.05, 4.69) is 21.9 Å². The molecule has 1 amide bonds. The van der Waals surface area contributed by atoms with Crippen molar-refractivity contribution < 1.29 is 18.0 Å². The van der Waals surface area contributed by atoms with Crippen LogP contribution in [0.2, 0.25) is 0 Å². The van der Waals surface area contributed by atoms with E-state index in [1.807, 2.05) is 4.90 Å². The molecular weight excluding hydrogens is 459 g/mol. The number of pyridine rings is 1. The molecule has 35 heavy (non-hydrogen) atoms. The summed E-state index contributed by atoms with van der Waals surface area (Å²) in [4.78, 5) is 35.7. The van der Waals surface area contributed by atoms with Gasteiger partial charge in [-0.2, -0.15) is 0 Å². The number of carbonyl (C=O) groups is 1. The van der Waals surface area contributed by atoms with Crippen LogP contribution in [0.3, 0.4) is 0 Å². The lowest BCUT2D eigenvalue weighted by molar-refractivity contribution is -0.128. The van der Waals surface area contributed by atoms with Gasteiger partial charge in [0.05, 0.1) is 28.6 Å². The van der Waals surface area contributed by atoms with Gasteiger partial charge < -0.3 is 14.8 Å². The predicted octanol–water partition coefficient (Wildman–Crippen LogP) is 4.45. The lowest BCUT2D eigenvalue weighted by Crippen LogP contribution is -2.30. The van der Waals surface area contributed by atoms with Gasteiger partial charge in [0.1, 0.15) is 17.5 Å². The Balaban J connectivity index is 1.54. The summed E-state index contributed by atoms with van der Waals surface area (Å²) in [6.07, 6.45) is 2.13. The van der Waals surface area contributed by atoms with E-state index >= 15 is 0 Å². The van der Waals surface area contributed by atoms with Crippen LogP contribution in [0.4, 0.5) is 19.0 Å². The van der Waals surface area contributed by atoms with Gasteiger partial charge in [0.25, 0.3) is 12.0 Å². The van der Waals surface area contributed by atoms with Crippen molar-refractivity contribution in [3.63, 3.8) is 0 Å². The SMILES string of the molecule is C=C[C@@H](Nc1nc(C)nc2cc(=O)n([C@H]3C[C@H]4CCC(=O)N4C3)cc12)c1cccc(C(F)F)c1F. The van der Waals surface area contributed by atoms with Crippen molar-refractivity contribution in [1.82, 2.24) is 19.4 Å². The Labute approximate surface area is 199 Å². The van der Waals surface area contributed by atoms with Crippen LogP contribution in [-0.4, -0.2) is 37.9 Å². The molecule has 3 aromatic rings. The maximum Gasteiger partial charge on any atom is 0.266 e. The number of nitrogens with zero attached hydrogens (tertiary/aromatic N) is 4. The highest BCUT2D eigenvalue weighted by atomic mass is 19.3. The first-order valence-corrected chi connectivity index (χ1v) is 11.4. The van der Waals surface area contributed by atoms with Crippen molar-refractivity contribution in [3.8, 4) is 0 Å². The molecule has 2 fully saturated rings. The van der Waals surface area contributed by atoms with Crippen molar-refractivity contribution in [1.29, 1.82) is 0 Å². The summed E-state index contributed by atoms with van der Waals surface area (Å²) in [6.45, 7) is 5.86. The third-order valence-corrected chi connectivity index (χ3v) is 6.82. The number of rotatable bonds is 6. The molecule has 0 aliphatic carbocycles. The van der Waals surface area contributed by atoms with Gasteiger partial charge in [-0.25, -0.2) is 23.1 Å². The average molecular weight is 483 g/mol. The Morgan fingerprint density at radius 2 is 1.97 bits per heavy atom. The minimum Gasteiger partial charge on any atom is -0.359 e. The fourth-order valence-corrected chi connectivity index (χ4v) is 5.12. The third kappa shape index (κ3) is 4.06. The number of nitrogens with one attached hydrogen (secondary N) is 1. The molecule has 0 bridgehead atoms. The molecule has 7 nitrogen and oxygen atoms in total. The lowest BCUT2D eigenvalue weighted by Gasteiger charge is -2.20. The number of halogens is 3. The maximum absolute atomic E-state index is 14.8. The zero-order valence-corrected chi connectivity index (χ0v) is 19.0. The highest BCUT2D eigenvalue weighted by molar-refractivity contribution is 5.88. The van der Waals surface area contributed by atoms with Crippen LogP contribution in [0.15, 0.2) is 47.9 Å². The molecule has 2 aromatic heterocycles. The van der Waals surface area contributed by atoms with E-state index in [0.29, 0.717) is 41.9 Å². The first-order chi connectivity index (χ1) is 16.8. The highest BCUT2D eigenvalue weighted by Gasteiger charge is 2.40. The van der Waals surface area contributed by atoms with Gasteiger partial charge in [-0.15, -0.1) is 6.58 Å². The molecule has 0 radical (unpaired) electrons. The van der Waals surface area contributed by atoms with Crippen molar-refractivity contribution in [2.24, 2.45) is 0 Å². The van der Waals surface area contributed by atoms with Gasteiger partial charge >= 0.3 is 0 Å². The summed E-state index contributed by atoms with van der Waals surface area (Å²) in [5.41, 5.74) is -0.521. The lowest BCUT2D eigenvalue weighted by atomic mass is 10.0. The molecule has 10 heteroatoms. The van der Waals surface area contributed by atoms with Gasteiger partial charge in [-0.1, -0.05) is 24.3 Å². The zero-order chi connectivity index (χ0) is 24.9. The monoisotopic (exact) mass is 483 g/mol. The standard InChI is InChI=1S/C25H24F3N5O2/c1-3-19(16-5-4-6-17(23(16)26)24(27)28)31-25-18-12-33(22(35)10-20(18)29-13(2)30-25)15-9-14-7-8-21(34)32(14)11-15/h3-6,10,12,14-15,19,24H,1,7-9,11H2,2H3,(H,29,30,31)/t14-,15+,19-/m1/s1. The summed E-state index contributed by atoms with van der Waals surface area (Å²) in [7, 11) is 0. The van der Waals surface area contributed by atoms with Gasteiger partial charge in [0.15, 0.2) is 0 Å². The molecule has 2 saturated heterocycles. The van der Waals surface area contributed by atoms with Crippen LogP contribution in [-0.2, 0) is 4.79 Å². The van der Waals surface area contributed by atoms with Crippen molar-refractivity contribution in [2.45, 2.75) is 50.7 Å². The highest BCUT2D eigenvalue weighted by Crippen LogP contribution is 2.35. The number of aryl methyl sites for hydroxylation is 1. The number of fused-ring (bicyclic) bond motifs is 2. The smallest absolute Gasteiger partial charge is 0.266 e. The van der Waals surface area contributed by atoms with Gasteiger partial charge in [0.2, 0.25) is 5.91 Å². The fraction of sp³-hybridized carbons (Fsp3) is 0.360. The Morgan fingerprint density at radius 1 is 1.20 bits per heavy atom. The number of aromatic nitrogens is 3. The van der Waals surface area contributed by atoms with Crippen LogP contribution in [0, 0.1) is 12.7 Å². The molecular formula is C25H24F3N5O2. The molecule has 0 unspecified atom stereocenters. The molecule has 2 aliphatic rings. The molecule has 2 aliphatic heterocycles. The normalized spacial score (nSPS) is 20.5. The van der Waals surface area contributed by atoms with E-state index in [0.717, 1.165) is 12.5 Å². The van der Waals surface area contributed by atoms with Crippen molar-refractivity contribution in [3.05, 3.63) is 76.2 Å². The van der Waals surface area contributed by atoms with E-state index in [9.17, 15) is 22.8 Å². The first kappa shape index (κ1) is 23.1. The number of amides is 1. The van der Waals surface area contributed by atoms with Crippen LogP contribution < -0.4 is 10.9 Å². The Hall–Kier alpha value is -3.69. The molecule has 0 spiro atoms. The topological polar surface area (TPSA) is 80.1 Å². The van der Waals surface area contributed by atoms with E-state index in [-0.39, 0.29) is 29.1 Å². The van der Waals surface area contributed by atoms with Crippen LogP contribution >= 0.6 is 0 Å². The minimum absolute atomic E-state index is 0.00506. The van der Waals surface area contributed by atoms with Gasteiger partial charge in [0, 0.05) is 36.8 Å². The minimum atomic E-state index is -2.95. The quantitative estimate of drug-likeness (QED) is 0.524. The Bertz CT molecular complexity index is 1390. The van der Waals surface area contributed by atoms with Crippen molar-refractivity contribution >= 4 is 22.6 Å². The van der Waals surface area contributed by atoms with E-state index in [4.69, 9.17) is 0 Å². The molecule has 3 atom stereocenters. The fourth-order valence-electron chi connectivity index (χ4n) is 5.12. The number of anilines is 1. The number of hydrogen-bond donors (Lipinski definition) is 1. The summed E-state index contributed by atoms with van der Waals surface area (Å²) < 4.78 is 42.9. The number of benzene rings is 1. The first-order valence-electron chi connectivity index (χ1n) is 11.4. The molecule has 1 N–H and O–H groups in total. The Morgan fingerprint density at radius 3 is 2.69 bits per heavy atom. The van der Waals surface area contributed by atoms with E-state index in [1.54, 1.807) is 17.7 Å². The maximum atomic E-state index is 14.8. The molecule has 4 heterocycles. The summed E-state index contributed by atoms with van der Waals surface area (Å²) >= 11 is 0. The predicted molar refractivity (Wildman–Crippen MR) is 125 cm³/mol. The third-order valence-electron chi connectivity index (χ3n) is 6.82. The average Bonchev–Trinajstić information content (AvgIpc) is 3.38. The molecule has 182 valence electrons. The second kappa shape index (κ2) is 8.83.